The number of unbranched alkanes of at least 4 members (excludes halogenated alkanes) is 1. The summed E-state index contributed by atoms with van der Waals surface area (Å²) in [7, 11) is 0. The van der Waals surface area contributed by atoms with Gasteiger partial charge in [-0.15, -0.1) is 12.4 Å². The molecule has 1 aliphatic carbocycles. The minimum Gasteiger partial charge on any atom is -0.494 e. The molecule has 1 fully saturated rings. The molecule has 0 spiro atoms. The molecule has 1 aromatic carbocycles. The summed E-state index contributed by atoms with van der Waals surface area (Å²) in [6.45, 7) is 1.83. The zero-order valence-corrected chi connectivity index (χ0v) is 15.6. The van der Waals surface area contributed by atoms with Crippen LogP contribution in [0.2, 0.25) is 0 Å². The number of rotatable bonds is 9. The van der Waals surface area contributed by atoms with Crippen molar-refractivity contribution >= 4 is 18.3 Å². The second-order valence-electron chi connectivity index (χ2n) is 6.80. The molecule has 0 saturated heterocycles. The molecular weight excluding hydrogens is 343 g/mol. The average molecular weight is 373 g/mol. The first-order valence-corrected chi connectivity index (χ1v) is 8.99. The minimum absolute atomic E-state index is 0. The monoisotopic (exact) mass is 372 g/mol. The van der Waals surface area contributed by atoms with E-state index >= 15 is 0 Å². The standard InChI is InChI=1S/C19H29FN2O2.ClH/c20-16-6-8-17(9-7-16)24-13-5-4-12-22-18(23)14-19(15-21)10-2-1-3-11-19;/h6-9H,1-5,10-15,21H2,(H,22,23);1H. The fourth-order valence-electron chi connectivity index (χ4n) is 3.33. The second-order valence-corrected chi connectivity index (χ2v) is 6.80. The molecule has 6 heteroatoms. The van der Waals surface area contributed by atoms with Crippen LogP contribution in [-0.2, 0) is 4.79 Å². The normalized spacial score (nSPS) is 15.9. The molecule has 142 valence electrons. The van der Waals surface area contributed by atoms with Crippen LogP contribution in [0.1, 0.15) is 51.4 Å². The zero-order chi connectivity index (χ0) is 17.3. The number of hydrogen-bond acceptors (Lipinski definition) is 3. The van der Waals surface area contributed by atoms with E-state index in [9.17, 15) is 9.18 Å². The molecule has 1 amide bonds. The molecule has 0 atom stereocenters. The van der Waals surface area contributed by atoms with Gasteiger partial charge in [0.2, 0.25) is 5.91 Å². The number of benzene rings is 1. The number of carbonyl (C=O) groups excluding carboxylic acids is 1. The molecule has 0 aliphatic heterocycles. The molecule has 0 radical (unpaired) electrons. The lowest BCUT2D eigenvalue weighted by Crippen LogP contribution is -2.38. The third-order valence-electron chi connectivity index (χ3n) is 4.86. The molecule has 0 aromatic heterocycles. The van der Waals surface area contributed by atoms with Gasteiger partial charge in [0.15, 0.2) is 0 Å². The molecule has 4 nitrogen and oxygen atoms in total. The summed E-state index contributed by atoms with van der Waals surface area (Å²) in [6.07, 6.45) is 8.04. The predicted octanol–water partition coefficient (Wildman–Crippen LogP) is 3.82. The largest absolute Gasteiger partial charge is 0.494 e. The Morgan fingerprint density at radius 1 is 1.16 bits per heavy atom. The van der Waals surface area contributed by atoms with Gasteiger partial charge in [0.05, 0.1) is 6.61 Å². The summed E-state index contributed by atoms with van der Waals surface area (Å²) in [4.78, 5) is 12.1. The maximum absolute atomic E-state index is 12.8. The SMILES string of the molecule is Cl.NCC1(CC(=O)NCCCCOc2ccc(F)cc2)CCCCC1. The van der Waals surface area contributed by atoms with Gasteiger partial charge >= 0.3 is 0 Å². The Bertz CT molecular complexity index is 505. The lowest BCUT2D eigenvalue weighted by molar-refractivity contribution is -0.123. The van der Waals surface area contributed by atoms with E-state index in [-0.39, 0.29) is 29.5 Å². The van der Waals surface area contributed by atoms with Crippen molar-refractivity contribution in [2.24, 2.45) is 11.1 Å². The summed E-state index contributed by atoms with van der Waals surface area (Å²) in [6, 6.07) is 6.00. The van der Waals surface area contributed by atoms with Crippen LogP contribution in [0.4, 0.5) is 4.39 Å². The number of carbonyl (C=O) groups is 1. The highest BCUT2D eigenvalue weighted by Crippen LogP contribution is 2.38. The highest BCUT2D eigenvalue weighted by molar-refractivity contribution is 5.85. The van der Waals surface area contributed by atoms with Gasteiger partial charge in [0.1, 0.15) is 11.6 Å². The Labute approximate surface area is 156 Å². The summed E-state index contributed by atoms with van der Waals surface area (Å²) in [5.74, 6) is 0.516. The molecule has 0 unspecified atom stereocenters. The fraction of sp³-hybridized carbons (Fsp3) is 0.632. The first kappa shape index (κ1) is 21.7. The molecule has 0 bridgehead atoms. The van der Waals surface area contributed by atoms with Crippen molar-refractivity contribution in [3.05, 3.63) is 30.1 Å². The average Bonchev–Trinajstić information content (AvgIpc) is 2.60. The number of amides is 1. The van der Waals surface area contributed by atoms with E-state index in [0.29, 0.717) is 31.9 Å². The Kier molecular flexibility index (Phi) is 9.83. The van der Waals surface area contributed by atoms with Crippen molar-refractivity contribution < 1.29 is 13.9 Å². The first-order valence-electron chi connectivity index (χ1n) is 8.99. The van der Waals surface area contributed by atoms with Crippen LogP contribution in [0.3, 0.4) is 0 Å². The Hall–Kier alpha value is -1.33. The molecule has 25 heavy (non-hydrogen) atoms. The minimum atomic E-state index is -0.265. The van der Waals surface area contributed by atoms with Gasteiger partial charge in [0.25, 0.3) is 0 Å². The molecular formula is C19H30ClFN2O2. The van der Waals surface area contributed by atoms with Gasteiger partial charge in [0, 0.05) is 13.0 Å². The summed E-state index contributed by atoms with van der Waals surface area (Å²) in [5.41, 5.74) is 5.95. The third kappa shape index (κ3) is 7.61. The molecule has 3 N–H and O–H groups in total. The fourth-order valence-corrected chi connectivity index (χ4v) is 3.33. The summed E-state index contributed by atoms with van der Waals surface area (Å²) in [5, 5.41) is 3.00. The quantitative estimate of drug-likeness (QED) is 0.647. The van der Waals surface area contributed by atoms with Crippen LogP contribution >= 0.6 is 12.4 Å². The van der Waals surface area contributed by atoms with Crippen molar-refractivity contribution in [3.8, 4) is 5.75 Å². The van der Waals surface area contributed by atoms with Crippen LogP contribution in [-0.4, -0.2) is 25.6 Å². The highest BCUT2D eigenvalue weighted by atomic mass is 35.5. The number of nitrogens with two attached hydrogens (primary N) is 1. The van der Waals surface area contributed by atoms with Crippen LogP contribution < -0.4 is 15.8 Å². The predicted molar refractivity (Wildman–Crippen MR) is 101 cm³/mol. The van der Waals surface area contributed by atoms with E-state index in [0.717, 1.165) is 25.7 Å². The Balaban J connectivity index is 0.00000312. The van der Waals surface area contributed by atoms with Gasteiger partial charge in [-0.3, -0.25) is 4.79 Å². The zero-order valence-electron chi connectivity index (χ0n) is 14.8. The number of nitrogens with one attached hydrogen (secondary N) is 1. The maximum atomic E-state index is 12.8. The smallest absolute Gasteiger partial charge is 0.220 e. The number of halogens is 2. The van der Waals surface area contributed by atoms with Crippen LogP contribution in [0.5, 0.6) is 5.75 Å². The van der Waals surface area contributed by atoms with E-state index < -0.39 is 0 Å². The lowest BCUT2D eigenvalue weighted by atomic mass is 9.71. The van der Waals surface area contributed by atoms with E-state index in [1.54, 1.807) is 12.1 Å². The van der Waals surface area contributed by atoms with E-state index in [1.807, 2.05) is 0 Å². The molecule has 1 aromatic rings. The van der Waals surface area contributed by atoms with Gasteiger partial charge in [-0.1, -0.05) is 19.3 Å². The number of hydrogen-bond donors (Lipinski definition) is 2. The van der Waals surface area contributed by atoms with Crippen LogP contribution in [0.25, 0.3) is 0 Å². The van der Waals surface area contributed by atoms with E-state index in [1.165, 1.54) is 31.4 Å². The van der Waals surface area contributed by atoms with Gasteiger partial charge < -0.3 is 15.8 Å². The van der Waals surface area contributed by atoms with Crippen molar-refractivity contribution in [1.29, 1.82) is 0 Å². The third-order valence-corrected chi connectivity index (χ3v) is 4.86. The summed E-state index contributed by atoms with van der Waals surface area (Å²) >= 11 is 0. The van der Waals surface area contributed by atoms with Gasteiger partial charge in [-0.25, -0.2) is 4.39 Å². The van der Waals surface area contributed by atoms with E-state index in [4.69, 9.17) is 10.5 Å². The first-order chi connectivity index (χ1) is 11.6. The van der Waals surface area contributed by atoms with E-state index in [2.05, 4.69) is 5.32 Å². The summed E-state index contributed by atoms with van der Waals surface area (Å²) < 4.78 is 18.3. The maximum Gasteiger partial charge on any atom is 0.220 e. The molecule has 1 saturated carbocycles. The van der Waals surface area contributed by atoms with Gasteiger partial charge in [-0.05, 0) is 61.9 Å². The van der Waals surface area contributed by atoms with Crippen molar-refractivity contribution in [3.63, 3.8) is 0 Å². The van der Waals surface area contributed by atoms with Crippen molar-refractivity contribution in [2.45, 2.75) is 51.4 Å². The highest BCUT2D eigenvalue weighted by Gasteiger charge is 2.32. The molecule has 0 heterocycles. The second kappa shape index (κ2) is 11.3. The van der Waals surface area contributed by atoms with Gasteiger partial charge in [-0.2, -0.15) is 0 Å². The Morgan fingerprint density at radius 2 is 1.84 bits per heavy atom. The van der Waals surface area contributed by atoms with Crippen LogP contribution in [0, 0.1) is 11.2 Å². The van der Waals surface area contributed by atoms with Crippen molar-refractivity contribution in [2.75, 3.05) is 19.7 Å². The van der Waals surface area contributed by atoms with Crippen LogP contribution in [0.15, 0.2) is 24.3 Å². The number of ether oxygens (including phenoxy) is 1. The van der Waals surface area contributed by atoms with Crippen molar-refractivity contribution in [1.82, 2.24) is 5.32 Å². The molecule has 1 aliphatic rings. The Morgan fingerprint density at radius 3 is 2.48 bits per heavy atom. The lowest BCUT2D eigenvalue weighted by Gasteiger charge is -2.35. The molecule has 2 rings (SSSR count). The topological polar surface area (TPSA) is 64.4 Å².